The second kappa shape index (κ2) is 6.74. The minimum Gasteiger partial charge on any atom is -0.324 e. The topological polar surface area (TPSA) is 60.1 Å². The Morgan fingerprint density at radius 2 is 1.69 bits per heavy atom. The van der Waals surface area contributed by atoms with Crippen LogP contribution in [0.5, 0.6) is 0 Å². The number of piperidine rings is 1. The number of aromatic nitrogens is 3. The lowest BCUT2D eigenvalue weighted by Crippen LogP contribution is -2.39. The van der Waals surface area contributed by atoms with Crippen LogP contribution in [0, 0.1) is 6.92 Å². The molecular formula is C19H22N4O2S. The van der Waals surface area contributed by atoms with Crippen LogP contribution in [0.2, 0.25) is 0 Å². The average molecular weight is 370 g/mol. The molecule has 0 amide bonds. The molecular weight excluding hydrogens is 348 g/mol. The summed E-state index contributed by atoms with van der Waals surface area (Å²) in [5, 5.41) is 4.37. The van der Waals surface area contributed by atoms with Crippen molar-refractivity contribution >= 4 is 10.0 Å². The zero-order chi connectivity index (χ0) is 18.1. The van der Waals surface area contributed by atoms with Crippen molar-refractivity contribution in [2.45, 2.75) is 30.7 Å². The number of hydrogen-bond donors (Lipinski definition) is 0. The van der Waals surface area contributed by atoms with E-state index in [1.165, 1.54) is 0 Å². The first-order valence-corrected chi connectivity index (χ1v) is 10.2. The minimum absolute atomic E-state index is 0.270. The summed E-state index contributed by atoms with van der Waals surface area (Å²) in [7, 11) is -3.45. The van der Waals surface area contributed by atoms with Crippen molar-refractivity contribution < 1.29 is 8.42 Å². The average Bonchev–Trinajstić information content (AvgIpc) is 3.34. The molecule has 0 atom stereocenters. The van der Waals surface area contributed by atoms with E-state index in [0.717, 1.165) is 24.1 Å². The number of benzene rings is 1. The number of hydrogen-bond acceptors (Lipinski definition) is 3. The van der Waals surface area contributed by atoms with Gasteiger partial charge in [0.05, 0.1) is 17.1 Å². The minimum atomic E-state index is -3.45. The van der Waals surface area contributed by atoms with Gasteiger partial charge < -0.3 is 4.57 Å². The Morgan fingerprint density at radius 3 is 2.27 bits per heavy atom. The number of aryl methyl sites for hydroxylation is 1. The van der Waals surface area contributed by atoms with Crippen LogP contribution in [-0.2, 0) is 10.0 Å². The lowest BCUT2D eigenvalue weighted by molar-refractivity contribution is 0.261. The molecule has 3 aromatic rings. The molecule has 3 heterocycles. The lowest BCUT2D eigenvalue weighted by atomic mass is 10.1. The summed E-state index contributed by atoms with van der Waals surface area (Å²) in [6, 6.07) is 11.2. The number of sulfonamides is 1. The molecule has 1 saturated heterocycles. The van der Waals surface area contributed by atoms with Gasteiger partial charge in [-0.3, -0.25) is 4.68 Å². The van der Waals surface area contributed by atoms with Crippen molar-refractivity contribution in [1.29, 1.82) is 0 Å². The van der Waals surface area contributed by atoms with Gasteiger partial charge in [-0.25, -0.2) is 8.42 Å². The van der Waals surface area contributed by atoms with Gasteiger partial charge in [0.2, 0.25) is 10.0 Å². The Morgan fingerprint density at radius 1 is 1.04 bits per heavy atom. The smallest absolute Gasteiger partial charge is 0.243 e. The van der Waals surface area contributed by atoms with Crippen molar-refractivity contribution in [3.63, 3.8) is 0 Å². The van der Waals surface area contributed by atoms with E-state index in [2.05, 4.69) is 5.10 Å². The third-order valence-corrected chi connectivity index (χ3v) is 6.82. The SMILES string of the molecule is Cc1cnn(C2CCN(S(=O)(=O)c3ccc(-n4cccc4)cc3)CC2)c1. The van der Waals surface area contributed by atoms with Crippen molar-refractivity contribution in [3.05, 3.63) is 66.7 Å². The maximum atomic E-state index is 12.9. The Hall–Kier alpha value is -2.38. The Labute approximate surface area is 153 Å². The van der Waals surface area contributed by atoms with Crippen LogP contribution in [0.15, 0.2) is 66.1 Å². The molecule has 2 aromatic heterocycles. The first kappa shape index (κ1) is 17.1. The summed E-state index contributed by atoms with van der Waals surface area (Å²) in [5.74, 6) is 0. The van der Waals surface area contributed by atoms with Gasteiger partial charge >= 0.3 is 0 Å². The van der Waals surface area contributed by atoms with E-state index in [-0.39, 0.29) is 6.04 Å². The van der Waals surface area contributed by atoms with Gasteiger partial charge in [0.15, 0.2) is 0 Å². The van der Waals surface area contributed by atoms with Gasteiger partial charge in [0.1, 0.15) is 0 Å². The molecule has 0 bridgehead atoms. The molecule has 0 saturated carbocycles. The molecule has 0 N–H and O–H groups in total. The molecule has 0 spiro atoms. The molecule has 0 unspecified atom stereocenters. The maximum absolute atomic E-state index is 12.9. The van der Waals surface area contributed by atoms with Crippen molar-refractivity contribution in [2.75, 3.05) is 13.1 Å². The predicted octanol–water partition coefficient (Wildman–Crippen LogP) is 3.01. The van der Waals surface area contributed by atoms with E-state index in [1.807, 2.05) is 65.2 Å². The van der Waals surface area contributed by atoms with E-state index in [9.17, 15) is 8.42 Å². The van der Waals surface area contributed by atoms with Gasteiger partial charge in [-0.2, -0.15) is 9.40 Å². The zero-order valence-corrected chi connectivity index (χ0v) is 15.5. The lowest BCUT2D eigenvalue weighted by Gasteiger charge is -2.31. The summed E-state index contributed by atoms with van der Waals surface area (Å²) in [6.45, 7) is 3.05. The molecule has 1 aliphatic rings. The first-order valence-electron chi connectivity index (χ1n) is 8.78. The molecule has 1 aliphatic heterocycles. The summed E-state index contributed by atoms with van der Waals surface area (Å²) >= 11 is 0. The summed E-state index contributed by atoms with van der Waals surface area (Å²) in [6.07, 6.45) is 9.30. The Balaban J connectivity index is 1.47. The second-order valence-electron chi connectivity index (χ2n) is 6.72. The van der Waals surface area contributed by atoms with Crippen molar-refractivity contribution in [1.82, 2.24) is 18.7 Å². The third kappa shape index (κ3) is 3.20. The highest BCUT2D eigenvalue weighted by atomic mass is 32.2. The van der Waals surface area contributed by atoms with Gasteiger partial charge in [-0.05, 0) is 61.7 Å². The van der Waals surface area contributed by atoms with E-state index in [1.54, 1.807) is 16.4 Å². The standard InChI is InChI=1S/C19H22N4O2S/c1-16-14-20-23(15-16)18-8-12-22(13-9-18)26(24,25)19-6-4-17(5-7-19)21-10-2-3-11-21/h2-7,10-11,14-15,18H,8-9,12-13H2,1H3. The predicted molar refractivity (Wildman–Crippen MR) is 99.8 cm³/mol. The molecule has 4 rings (SSSR count). The van der Waals surface area contributed by atoms with Gasteiger partial charge in [0, 0.05) is 37.4 Å². The fraction of sp³-hybridized carbons (Fsp3) is 0.316. The molecule has 6 nitrogen and oxygen atoms in total. The molecule has 136 valence electrons. The number of nitrogens with zero attached hydrogens (tertiary/aromatic N) is 4. The summed E-state index contributed by atoms with van der Waals surface area (Å²) < 4.78 is 31.4. The Kier molecular flexibility index (Phi) is 4.42. The van der Waals surface area contributed by atoms with Gasteiger partial charge in [-0.15, -0.1) is 0 Å². The van der Waals surface area contributed by atoms with E-state index >= 15 is 0 Å². The molecule has 7 heteroatoms. The van der Waals surface area contributed by atoms with Crippen LogP contribution in [-0.4, -0.2) is 40.2 Å². The molecule has 1 fully saturated rings. The highest BCUT2D eigenvalue weighted by Gasteiger charge is 2.30. The summed E-state index contributed by atoms with van der Waals surface area (Å²) in [5.41, 5.74) is 2.07. The normalized spacial score (nSPS) is 16.8. The first-order chi connectivity index (χ1) is 12.5. The third-order valence-electron chi connectivity index (χ3n) is 4.91. The van der Waals surface area contributed by atoms with E-state index in [4.69, 9.17) is 0 Å². The molecule has 0 radical (unpaired) electrons. The fourth-order valence-electron chi connectivity index (χ4n) is 3.43. The van der Waals surface area contributed by atoms with Crippen LogP contribution in [0.4, 0.5) is 0 Å². The zero-order valence-electron chi connectivity index (χ0n) is 14.7. The molecule has 26 heavy (non-hydrogen) atoms. The highest BCUT2D eigenvalue weighted by molar-refractivity contribution is 7.89. The van der Waals surface area contributed by atoms with Crippen molar-refractivity contribution in [2.24, 2.45) is 0 Å². The van der Waals surface area contributed by atoms with Gasteiger partial charge in [0.25, 0.3) is 0 Å². The largest absolute Gasteiger partial charge is 0.324 e. The molecule has 1 aromatic carbocycles. The highest BCUT2D eigenvalue weighted by Crippen LogP contribution is 2.27. The van der Waals surface area contributed by atoms with Crippen LogP contribution in [0.3, 0.4) is 0 Å². The molecule has 0 aliphatic carbocycles. The van der Waals surface area contributed by atoms with Gasteiger partial charge in [-0.1, -0.05) is 0 Å². The quantitative estimate of drug-likeness (QED) is 0.709. The maximum Gasteiger partial charge on any atom is 0.243 e. The van der Waals surface area contributed by atoms with Crippen LogP contribution >= 0.6 is 0 Å². The van der Waals surface area contributed by atoms with Crippen LogP contribution in [0.1, 0.15) is 24.4 Å². The van der Waals surface area contributed by atoms with E-state index in [0.29, 0.717) is 18.0 Å². The van der Waals surface area contributed by atoms with E-state index < -0.39 is 10.0 Å². The monoisotopic (exact) mass is 370 g/mol. The van der Waals surface area contributed by atoms with Crippen LogP contribution < -0.4 is 0 Å². The van der Waals surface area contributed by atoms with Crippen LogP contribution in [0.25, 0.3) is 5.69 Å². The van der Waals surface area contributed by atoms with Crippen molar-refractivity contribution in [3.8, 4) is 5.69 Å². The number of rotatable bonds is 4. The summed E-state index contributed by atoms with van der Waals surface area (Å²) in [4.78, 5) is 0.349. The Bertz CT molecular complexity index is 967. The fourth-order valence-corrected chi connectivity index (χ4v) is 4.90. The second-order valence-corrected chi connectivity index (χ2v) is 8.66.